The summed E-state index contributed by atoms with van der Waals surface area (Å²) in [7, 11) is 5.63. The summed E-state index contributed by atoms with van der Waals surface area (Å²) >= 11 is 0. The van der Waals surface area contributed by atoms with Gasteiger partial charge in [0.05, 0.1) is 13.2 Å². The van der Waals surface area contributed by atoms with Crippen LogP contribution >= 0.6 is 0 Å². The van der Waals surface area contributed by atoms with Crippen LogP contribution in [0.3, 0.4) is 0 Å². The van der Waals surface area contributed by atoms with E-state index in [2.05, 4.69) is 30.1 Å². The number of rotatable bonds is 9. The first kappa shape index (κ1) is 21.8. The fourth-order valence-corrected chi connectivity index (χ4v) is 3.05. The van der Waals surface area contributed by atoms with Crippen molar-refractivity contribution in [2.24, 2.45) is 0 Å². The highest BCUT2D eigenvalue weighted by molar-refractivity contribution is 5.77. The van der Waals surface area contributed by atoms with E-state index in [4.69, 9.17) is 9.47 Å². The maximum Gasteiger partial charge on any atom is 0.258 e. The van der Waals surface area contributed by atoms with Gasteiger partial charge in [-0.05, 0) is 50.2 Å². The van der Waals surface area contributed by atoms with E-state index in [0.29, 0.717) is 12.5 Å². The van der Waals surface area contributed by atoms with Crippen LogP contribution in [-0.2, 0) is 4.79 Å². The highest BCUT2D eigenvalue weighted by atomic mass is 16.5. The fourth-order valence-electron chi connectivity index (χ4n) is 3.05. The summed E-state index contributed by atoms with van der Waals surface area (Å²) in [5.41, 5.74) is 3.26. The topological polar surface area (TPSA) is 50.8 Å². The second-order valence-electron chi connectivity index (χ2n) is 7.49. The Morgan fingerprint density at radius 3 is 2.46 bits per heavy atom. The Morgan fingerprint density at radius 1 is 1.11 bits per heavy atom. The van der Waals surface area contributed by atoms with Crippen molar-refractivity contribution in [2.45, 2.75) is 32.7 Å². The zero-order valence-electron chi connectivity index (χ0n) is 17.8. The van der Waals surface area contributed by atoms with E-state index in [0.717, 1.165) is 22.6 Å². The van der Waals surface area contributed by atoms with Crippen molar-refractivity contribution in [1.29, 1.82) is 0 Å². The van der Waals surface area contributed by atoms with E-state index in [1.165, 1.54) is 5.56 Å². The second kappa shape index (κ2) is 10.1. The third kappa shape index (κ3) is 5.73. The molecule has 2 aromatic carbocycles. The van der Waals surface area contributed by atoms with Crippen molar-refractivity contribution in [3.8, 4) is 11.5 Å². The number of amides is 1. The van der Waals surface area contributed by atoms with Gasteiger partial charge >= 0.3 is 0 Å². The molecule has 1 atom stereocenters. The minimum atomic E-state index is -0.143. The molecule has 0 fully saturated rings. The Hall–Kier alpha value is -2.53. The molecule has 0 aliphatic carbocycles. The van der Waals surface area contributed by atoms with Crippen molar-refractivity contribution in [1.82, 2.24) is 10.2 Å². The lowest BCUT2D eigenvalue weighted by Gasteiger charge is -2.26. The number of hydrogen-bond acceptors (Lipinski definition) is 4. The van der Waals surface area contributed by atoms with Crippen LogP contribution in [-0.4, -0.2) is 45.2 Å². The maximum absolute atomic E-state index is 12.4. The van der Waals surface area contributed by atoms with Crippen LogP contribution in [0, 0.1) is 6.92 Å². The first-order valence-corrected chi connectivity index (χ1v) is 9.62. The monoisotopic (exact) mass is 384 g/mol. The lowest BCUT2D eigenvalue weighted by Crippen LogP contribution is -2.37. The summed E-state index contributed by atoms with van der Waals surface area (Å²) in [6.45, 7) is 6.73. The van der Waals surface area contributed by atoms with Gasteiger partial charge in [0.1, 0.15) is 11.5 Å². The number of nitrogens with zero attached hydrogens (tertiary/aromatic N) is 1. The molecule has 0 saturated heterocycles. The molecule has 0 radical (unpaired) electrons. The molecule has 28 heavy (non-hydrogen) atoms. The molecule has 0 aliphatic heterocycles. The molecule has 2 rings (SSSR count). The zero-order valence-corrected chi connectivity index (χ0v) is 17.8. The standard InChI is InChI=1S/C23H32N2O3/c1-16(2)18-12-11-17(3)22(13-18)28-15-23(26)24-14-20(25(4)5)19-9-7-8-10-21(19)27-6/h7-13,16,20H,14-15H2,1-6H3,(H,24,26). The number of para-hydroxylation sites is 1. The van der Waals surface area contributed by atoms with Crippen molar-refractivity contribution >= 4 is 5.91 Å². The number of likely N-dealkylation sites (N-methyl/N-ethyl adjacent to an activating group) is 1. The van der Waals surface area contributed by atoms with Gasteiger partial charge in [0.15, 0.2) is 6.61 Å². The molecule has 0 aliphatic rings. The summed E-state index contributed by atoms with van der Waals surface area (Å²) in [6.07, 6.45) is 0. The van der Waals surface area contributed by atoms with E-state index in [1.54, 1.807) is 7.11 Å². The third-order valence-corrected chi connectivity index (χ3v) is 4.85. The highest BCUT2D eigenvalue weighted by Crippen LogP contribution is 2.27. The molecular formula is C23H32N2O3. The van der Waals surface area contributed by atoms with E-state index >= 15 is 0 Å². The number of ether oxygens (including phenoxy) is 2. The molecule has 1 unspecified atom stereocenters. The Bertz CT molecular complexity index is 787. The predicted molar refractivity (Wildman–Crippen MR) is 113 cm³/mol. The van der Waals surface area contributed by atoms with Crippen LogP contribution < -0.4 is 14.8 Å². The van der Waals surface area contributed by atoms with Gasteiger partial charge in [-0.2, -0.15) is 0 Å². The predicted octanol–water partition coefficient (Wildman–Crippen LogP) is 3.92. The summed E-state index contributed by atoms with van der Waals surface area (Å²) in [5.74, 6) is 1.85. The Balaban J connectivity index is 1.98. The average Bonchev–Trinajstić information content (AvgIpc) is 2.67. The highest BCUT2D eigenvalue weighted by Gasteiger charge is 2.19. The van der Waals surface area contributed by atoms with Gasteiger partial charge < -0.3 is 19.7 Å². The van der Waals surface area contributed by atoms with Crippen LogP contribution in [0.5, 0.6) is 11.5 Å². The third-order valence-electron chi connectivity index (χ3n) is 4.85. The first-order valence-electron chi connectivity index (χ1n) is 9.62. The minimum absolute atomic E-state index is 0.00549. The molecule has 0 bridgehead atoms. The van der Waals surface area contributed by atoms with Gasteiger partial charge in [0.2, 0.25) is 0 Å². The SMILES string of the molecule is COc1ccccc1C(CNC(=O)COc1cc(C(C)C)ccc1C)N(C)C. The molecule has 152 valence electrons. The Morgan fingerprint density at radius 2 is 1.82 bits per heavy atom. The first-order chi connectivity index (χ1) is 13.3. The van der Waals surface area contributed by atoms with Gasteiger partial charge in [0.25, 0.3) is 5.91 Å². The van der Waals surface area contributed by atoms with Gasteiger partial charge in [0, 0.05) is 12.1 Å². The molecule has 0 aromatic heterocycles. The van der Waals surface area contributed by atoms with Gasteiger partial charge in [-0.15, -0.1) is 0 Å². The lowest BCUT2D eigenvalue weighted by molar-refractivity contribution is -0.123. The zero-order chi connectivity index (χ0) is 20.7. The summed E-state index contributed by atoms with van der Waals surface area (Å²) in [5, 5.41) is 2.98. The van der Waals surface area contributed by atoms with Crippen LogP contribution in [0.1, 0.15) is 42.5 Å². The van der Waals surface area contributed by atoms with Crippen molar-refractivity contribution < 1.29 is 14.3 Å². The largest absolute Gasteiger partial charge is 0.496 e. The molecule has 1 amide bonds. The van der Waals surface area contributed by atoms with E-state index in [1.807, 2.05) is 57.4 Å². The normalized spacial score (nSPS) is 12.1. The second-order valence-corrected chi connectivity index (χ2v) is 7.49. The number of carbonyl (C=O) groups is 1. The Labute approximate surface area is 168 Å². The van der Waals surface area contributed by atoms with E-state index in [-0.39, 0.29) is 18.6 Å². The average molecular weight is 385 g/mol. The van der Waals surface area contributed by atoms with Crippen molar-refractivity contribution in [3.63, 3.8) is 0 Å². The van der Waals surface area contributed by atoms with Crippen LogP contribution in [0.2, 0.25) is 0 Å². The maximum atomic E-state index is 12.4. The summed E-state index contributed by atoms with van der Waals surface area (Å²) in [4.78, 5) is 14.4. The van der Waals surface area contributed by atoms with Gasteiger partial charge in [-0.3, -0.25) is 4.79 Å². The lowest BCUT2D eigenvalue weighted by atomic mass is 10.0. The van der Waals surface area contributed by atoms with Crippen LogP contribution in [0.4, 0.5) is 0 Å². The quantitative estimate of drug-likeness (QED) is 0.712. The van der Waals surface area contributed by atoms with E-state index < -0.39 is 0 Å². The van der Waals surface area contributed by atoms with Crippen molar-refractivity contribution in [3.05, 3.63) is 59.2 Å². The fraction of sp³-hybridized carbons (Fsp3) is 0.435. The molecule has 5 nitrogen and oxygen atoms in total. The Kier molecular flexibility index (Phi) is 7.88. The molecular weight excluding hydrogens is 352 g/mol. The molecule has 5 heteroatoms. The van der Waals surface area contributed by atoms with Gasteiger partial charge in [-0.25, -0.2) is 0 Å². The van der Waals surface area contributed by atoms with Crippen LogP contribution in [0.15, 0.2) is 42.5 Å². The summed E-state index contributed by atoms with van der Waals surface area (Å²) in [6, 6.07) is 14.0. The van der Waals surface area contributed by atoms with Gasteiger partial charge in [-0.1, -0.05) is 44.2 Å². The molecule has 0 saturated carbocycles. The minimum Gasteiger partial charge on any atom is -0.496 e. The molecule has 2 aromatic rings. The summed E-state index contributed by atoms with van der Waals surface area (Å²) < 4.78 is 11.3. The number of nitrogens with one attached hydrogen (secondary N) is 1. The number of hydrogen-bond donors (Lipinski definition) is 1. The van der Waals surface area contributed by atoms with Crippen LogP contribution in [0.25, 0.3) is 0 Å². The number of methoxy groups -OCH3 is 1. The smallest absolute Gasteiger partial charge is 0.258 e. The number of aryl methyl sites for hydroxylation is 1. The molecule has 1 N–H and O–H groups in total. The van der Waals surface area contributed by atoms with Crippen molar-refractivity contribution in [2.75, 3.05) is 34.4 Å². The molecule has 0 spiro atoms. The number of benzene rings is 2. The molecule has 0 heterocycles. The van der Waals surface area contributed by atoms with E-state index in [9.17, 15) is 4.79 Å². The number of carbonyl (C=O) groups excluding carboxylic acids is 1.